The zero-order valence-corrected chi connectivity index (χ0v) is 19.6. The molecule has 1 aromatic carbocycles. The summed E-state index contributed by atoms with van der Waals surface area (Å²) in [5.41, 5.74) is 1.48. The molecule has 3 fully saturated rings. The number of likely N-dealkylation sites (tertiary alicyclic amines) is 2. The van der Waals surface area contributed by atoms with Crippen LogP contribution < -0.4 is 5.56 Å². The molecule has 3 aliphatic rings. The zero-order chi connectivity index (χ0) is 23.3. The maximum absolute atomic E-state index is 13.8. The van der Waals surface area contributed by atoms with E-state index in [9.17, 15) is 14.4 Å². The molecule has 7 nitrogen and oxygen atoms in total. The zero-order valence-electron chi connectivity index (χ0n) is 19.6. The Balaban J connectivity index is 1.54. The number of piperidine rings is 1. The first-order chi connectivity index (χ1) is 15.8. The number of aromatic nitrogens is 2. The third-order valence-electron chi connectivity index (χ3n) is 8.18. The van der Waals surface area contributed by atoms with Crippen LogP contribution in [0.15, 0.2) is 47.3 Å². The lowest BCUT2D eigenvalue weighted by Crippen LogP contribution is -2.62. The topological polar surface area (TPSA) is 75.5 Å². The molecule has 7 heteroatoms. The molecule has 2 aliphatic heterocycles. The molecule has 0 N–H and O–H groups in total. The number of aryl methyl sites for hydroxylation is 1. The Labute approximate surface area is 194 Å². The Morgan fingerprint density at radius 2 is 1.76 bits per heavy atom. The van der Waals surface area contributed by atoms with Crippen molar-refractivity contribution >= 4 is 11.8 Å². The van der Waals surface area contributed by atoms with Crippen LogP contribution in [0, 0.1) is 12.3 Å². The first-order valence-corrected chi connectivity index (χ1v) is 12.0. The van der Waals surface area contributed by atoms with Gasteiger partial charge in [-0.3, -0.25) is 14.4 Å². The predicted molar refractivity (Wildman–Crippen MR) is 124 cm³/mol. The highest BCUT2D eigenvalue weighted by Crippen LogP contribution is 2.56. The minimum absolute atomic E-state index is 0.0631. The van der Waals surface area contributed by atoms with Gasteiger partial charge in [-0.25, -0.2) is 4.68 Å². The van der Waals surface area contributed by atoms with Gasteiger partial charge in [-0.1, -0.05) is 37.3 Å². The third-order valence-corrected chi connectivity index (χ3v) is 8.18. The van der Waals surface area contributed by atoms with Crippen molar-refractivity contribution in [3.63, 3.8) is 0 Å². The molecule has 2 saturated heterocycles. The number of fused-ring (bicyclic) bond motifs is 1. The lowest BCUT2D eigenvalue weighted by molar-refractivity contribution is -0.143. The number of benzene rings is 1. The fourth-order valence-electron chi connectivity index (χ4n) is 6.87. The van der Waals surface area contributed by atoms with Gasteiger partial charge in [0.25, 0.3) is 5.56 Å². The van der Waals surface area contributed by atoms with Gasteiger partial charge >= 0.3 is 0 Å². The van der Waals surface area contributed by atoms with Gasteiger partial charge < -0.3 is 9.80 Å². The summed E-state index contributed by atoms with van der Waals surface area (Å²) in [4.78, 5) is 43.2. The van der Waals surface area contributed by atoms with Crippen LogP contribution in [0.4, 0.5) is 0 Å². The summed E-state index contributed by atoms with van der Waals surface area (Å²) in [6, 6.07) is 13.4. The maximum atomic E-state index is 13.8. The average Bonchev–Trinajstić information content (AvgIpc) is 3.09. The van der Waals surface area contributed by atoms with Crippen LogP contribution >= 0.6 is 0 Å². The highest BCUT2D eigenvalue weighted by molar-refractivity contribution is 5.79. The van der Waals surface area contributed by atoms with Crippen molar-refractivity contribution in [3.05, 3.63) is 64.1 Å². The van der Waals surface area contributed by atoms with Crippen LogP contribution in [0.3, 0.4) is 0 Å². The first-order valence-electron chi connectivity index (χ1n) is 12.0. The monoisotopic (exact) mass is 448 g/mol. The van der Waals surface area contributed by atoms with Gasteiger partial charge in [-0.2, -0.15) is 5.10 Å². The summed E-state index contributed by atoms with van der Waals surface area (Å²) in [5, 5.41) is 4.29. The molecule has 174 valence electrons. The van der Waals surface area contributed by atoms with Gasteiger partial charge in [0.05, 0.1) is 17.8 Å². The van der Waals surface area contributed by atoms with Crippen molar-refractivity contribution in [2.75, 3.05) is 0 Å². The highest BCUT2D eigenvalue weighted by atomic mass is 16.2. The van der Waals surface area contributed by atoms with E-state index >= 15 is 0 Å². The summed E-state index contributed by atoms with van der Waals surface area (Å²) in [6.45, 7) is 5.68. The molecule has 33 heavy (non-hydrogen) atoms. The fraction of sp³-hybridized carbons (Fsp3) is 0.538. The van der Waals surface area contributed by atoms with Gasteiger partial charge in [0.2, 0.25) is 11.8 Å². The Kier molecular flexibility index (Phi) is 5.38. The summed E-state index contributed by atoms with van der Waals surface area (Å²) >= 11 is 0. The fourth-order valence-corrected chi connectivity index (χ4v) is 6.87. The minimum Gasteiger partial charge on any atom is -0.334 e. The predicted octanol–water partition coefficient (Wildman–Crippen LogP) is 2.55. The number of amides is 2. The molecule has 0 radical (unpaired) electrons. The Hall–Kier alpha value is -2.96. The van der Waals surface area contributed by atoms with Crippen LogP contribution in [0.5, 0.6) is 0 Å². The quantitative estimate of drug-likeness (QED) is 0.721. The van der Waals surface area contributed by atoms with E-state index < -0.39 is 0 Å². The summed E-state index contributed by atoms with van der Waals surface area (Å²) in [6.07, 6.45) is 4.52. The van der Waals surface area contributed by atoms with E-state index in [1.165, 1.54) is 16.3 Å². The molecular formula is C26H32N4O3. The number of carbonyl (C=O) groups is 2. The standard InChI is InChI=1S/C26H32N4O3/c1-17-12-13-24(32)28(27-17)16-25(33)30-21-15-26(3)22(10-7-11-23(26)30)29(18(2)31)20(21)14-19-8-5-4-6-9-19/h4-6,8-9,12-13,20-23H,7,10-11,14-16H2,1-3H3/t20-,21+,22-,23+,26-/m1/s1. The minimum atomic E-state index is -0.268. The van der Waals surface area contributed by atoms with E-state index in [1.807, 2.05) is 30.0 Å². The van der Waals surface area contributed by atoms with Crippen molar-refractivity contribution in [3.8, 4) is 0 Å². The second-order valence-electron chi connectivity index (χ2n) is 10.2. The van der Waals surface area contributed by atoms with Crippen LogP contribution in [-0.2, 0) is 22.6 Å². The molecule has 2 aromatic rings. The summed E-state index contributed by atoms with van der Waals surface area (Å²) in [5.74, 6) is 0.0152. The van der Waals surface area contributed by atoms with Crippen molar-refractivity contribution < 1.29 is 9.59 Å². The SMILES string of the molecule is CC(=O)N1[C@H](Cc2ccccc2)[C@@H]2C[C@@]3(C)[C@H](CCC[C@@H]13)N2C(=O)Cn1nc(C)ccc1=O. The number of nitrogens with zero attached hydrogens (tertiary/aromatic N) is 4. The second-order valence-corrected chi connectivity index (χ2v) is 10.2. The van der Waals surface area contributed by atoms with Crippen LogP contribution in [0.1, 0.15) is 50.8 Å². The van der Waals surface area contributed by atoms with Gasteiger partial charge in [0, 0.05) is 30.5 Å². The molecule has 2 amide bonds. The van der Waals surface area contributed by atoms with Gasteiger partial charge in [-0.05, 0) is 50.7 Å². The molecular weight excluding hydrogens is 416 g/mol. The molecule has 5 atom stereocenters. The Bertz CT molecular complexity index is 1130. The van der Waals surface area contributed by atoms with Gasteiger partial charge in [0.15, 0.2) is 0 Å². The molecule has 1 aromatic heterocycles. The van der Waals surface area contributed by atoms with Crippen molar-refractivity contribution in [1.82, 2.24) is 19.6 Å². The molecule has 0 spiro atoms. The van der Waals surface area contributed by atoms with Gasteiger partial charge in [-0.15, -0.1) is 0 Å². The Morgan fingerprint density at radius 3 is 2.45 bits per heavy atom. The van der Waals surface area contributed by atoms with Crippen molar-refractivity contribution in [2.45, 2.75) is 83.6 Å². The summed E-state index contributed by atoms with van der Waals surface area (Å²) < 4.78 is 1.28. The highest BCUT2D eigenvalue weighted by Gasteiger charge is 2.64. The lowest BCUT2D eigenvalue weighted by atomic mass is 9.64. The number of carbonyl (C=O) groups excluding carboxylic acids is 2. The van der Waals surface area contributed by atoms with E-state index in [1.54, 1.807) is 13.0 Å². The second kappa shape index (κ2) is 8.12. The van der Waals surface area contributed by atoms with E-state index in [4.69, 9.17) is 0 Å². The molecule has 1 aliphatic carbocycles. The largest absolute Gasteiger partial charge is 0.334 e. The first kappa shape index (κ1) is 21.9. The lowest BCUT2D eigenvalue weighted by Gasteiger charge is -2.52. The van der Waals surface area contributed by atoms with Gasteiger partial charge in [0.1, 0.15) is 6.54 Å². The molecule has 1 saturated carbocycles. The van der Waals surface area contributed by atoms with E-state index in [0.29, 0.717) is 5.69 Å². The third kappa shape index (κ3) is 3.58. The van der Waals surface area contributed by atoms with Crippen LogP contribution in [0.25, 0.3) is 0 Å². The average molecular weight is 449 g/mol. The maximum Gasteiger partial charge on any atom is 0.267 e. The molecule has 2 bridgehead atoms. The van der Waals surface area contributed by atoms with Crippen LogP contribution in [-0.4, -0.2) is 55.6 Å². The van der Waals surface area contributed by atoms with Crippen molar-refractivity contribution in [1.29, 1.82) is 0 Å². The smallest absolute Gasteiger partial charge is 0.267 e. The number of hydrogen-bond acceptors (Lipinski definition) is 4. The molecule has 0 unspecified atom stereocenters. The van der Waals surface area contributed by atoms with E-state index in [-0.39, 0.29) is 53.5 Å². The normalized spacial score (nSPS) is 30.4. The molecule has 3 heterocycles. The van der Waals surface area contributed by atoms with E-state index in [0.717, 1.165) is 32.1 Å². The Morgan fingerprint density at radius 1 is 1.06 bits per heavy atom. The van der Waals surface area contributed by atoms with E-state index in [2.05, 4.69) is 29.1 Å². The number of hydrogen-bond donors (Lipinski definition) is 0. The van der Waals surface area contributed by atoms with Crippen molar-refractivity contribution in [2.24, 2.45) is 5.41 Å². The van der Waals surface area contributed by atoms with Crippen LogP contribution in [0.2, 0.25) is 0 Å². The number of rotatable bonds is 4. The summed E-state index contributed by atoms with van der Waals surface area (Å²) in [7, 11) is 0. The molecule has 5 rings (SSSR count).